The van der Waals surface area contributed by atoms with Gasteiger partial charge in [0.1, 0.15) is 11.5 Å². The van der Waals surface area contributed by atoms with Crippen molar-refractivity contribution in [3.05, 3.63) is 54.3 Å². The number of aromatic nitrogens is 2. The second-order valence-electron chi connectivity index (χ2n) is 5.58. The minimum Gasteiger partial charge on any atom is -0.476 e. The van der Waals surface area contributed by atoms with Crippen LogP contribution in [0, 0.1) is 11.7 Å². The van der Waals surface area contributed by atoms with E-state index in [9.17, 15) is 4.39 Å². The third-order valence-corrected chi connectivity index (χ3v) is 3.21. The quantitative estimate of drug-likeness (QED) is 0.712. The van der Waals surface area contributed by atoms with Gasteiger partial charge in [-0.15, -0.1) is 0 Å². The van der Waals surface area contributed by atoms with Gasteiger partial charge in [0.15, 0.2) is 0 Å². The van der Waals surface area contributed by atoms with Crippen LogP contribution in [-0.4, -0.2) is 16.6 Å². The van der Waals surface area contributed by atoms with Gasteiger partial charge in [-0.05, 0) is 42.3 Å². The highest BCUT2D eigenvalue weighted by Crippen LogP contribution is 2.29. The molecule has 112 valence electrons. The van der Waals surface area contributed by atoms with Crippen LogP contribution in [0.15, 0.2) is 48.5 Å². The van der Waals surface area contributed by atoms with Crippen LogP contribution in [-0.2, 0) is 0 Å². The smallest absolute Gasteiger partial charge is 0.241 e. The van der Waals surface area contributed by atoms with Crippen molar-refractivity contribution in [2.45, 2.75) is 13.8 Å². The van der Waals surface area contributed by atoms with E-state index in [-0.39, 0.29) is 5.82 Å². The molecule has 0 unspecified atom stereocenters. The molecule has 3 aromatic rings. The molecule has 0 saturated heterocycles. The Labute approximate surface area is 128 Å². The Balaban J connectivity index is 2.11. The fourth-order valence-corrected chi connectivity index (χ4v) is 2.13. The summed E-state index contributed by atoms with van der Waals surface area (Å²) in [6.45, 7) is 4.71. The monoisotopic (exact) mass is 296 g/mol. The highest BCUT2D eigenvalue weighted by atomic mass is 19.1. The Morgan fingerprint density at radius 3 is 2.23 bits per heavy atom. The lowest BCUT2D eigenvalue weighted by atomic mass is 10.1. The number of rotatable bonds is 4. The van der Waals surface area contributed by atoms with Crippen LogP contribution in [0.4, 0.5) is 4.39 Å². The summed E-state index contributed by atoms with van der Waals surface area (Å²) in [5, 5.41) is 0. The summed E-state index contributed by atoms with van der Waals surface area (Å²) in [6.07, 6.45) is 0. The molecule has 1 aromatic heterocycles. The van der Waals surface area contributed by atoms with E-state index in [2.05, 4.69) is 23.8 Å². The maximum atomic E-state index is 13.1. The van der Waals surface area contributed by atoms with Gasteiger partial charge >= 0.3 is 0 Å². The second-order valence-corrected chi connectivity index (χ2v) is 5.58. The van der Waals surface area contributed by atoms with Gasteiger partial charge in [-0.25, -0.2) is 14.4 Å². The molecule has 0 amide bonds. The van der Waals surface area contributed by atoms with Crippen LogP contribution < -0.4 is 4.74 Å². The Morgan fingerprint density at radius 2 is 1.59 bits per heavy atom. The van der Waals surface area contributed by atoms with Crippen LogP contribution >= 0.6 is 0 Å². The molecule has 0 fully saturated rings. The standard InChI is InChI=1S/C18H17FN2O/c1-12(2)11-22-18-17(13-7-9-14(19)10-8-13)20-15-5-3-4-6-16(15)21-18/h3-10,12H,11H2,1-2H3. The van der Waals surface area contributed by atoms with Crippen LogP contribution in [0.3, 0.4) is 0 Å². The molecule has 2 aromatic carbocycles. The minimum absolute atomic E-state index is 0.276. The first-order valence-electron chi connectivity index (χ1n) is 7.29. The van der Waals surface area contributed by atoms with Crippen molar-refractivity contribution in [2.75, 3.05) is 6.61 Å². The molecule has 0 bridgehead atoms. The first-order valence-corrected chi connectivity index (χ1v) is 7.29. The maximum absolute atomic E-state index is 13.1. The Kier molecular flexibility index (Phi) is 4.00. The van der Waals surface area contributed by atoms with Gasteiger partial charge in [0.2, 0.25) is 5.88 Å². The van der Waals surface area contributed by atoms with E-state index in [1.807, 2.05) is 24.3 Å². The zero-order chi connectivity index (χ0) is 15.5. The van der Waals surface area contributed by atoms with E-state index in [1.165, 1.54) is 12.1 Å². The zero-order valence-electron chi connectivity index (χ0n) is 12.6. The number of para-hydroxylation sites is 2. The van der Waals surface area contributed by atoms with Crippen LogP contribution in [0.25, 0.3) is 22.3 Å². The molecule has 0 atom stereocenters. The van der Waals surface area contributed by atoms with E-state index in [4.69, 9.17) is 4.74 Å². The van der Waals surface area contributed by atoms with Crippen molar-refractivity contribution in [3.63, 3.8) is 0 Å². The molecule has 0 radical (unpaired) electrons. The molecule has 0 spiro atoms. The molecule has 0 aliphatic carbocycles. The van der Waals surface area contributed by atoms with Gasteiger partial charge in [-0.1, -0.05) is 26.0 Å². The zero-order valence-corrected chi connectivity index (χ0v) is 12.6. The van der Waals surface area contributed by atoms with Crippen molar-refractivity contribution in [1.82, 2.24) is 9.97 Å². The number of hydrogen-bond donors (Lipinski definition) is 0. The predicted molar refractivity (Wildman–Crippen MR) is 85.3 cm³/mol. The van der Waals surface area contributed by atoms with Gasteiger partial charge in [-0.2, -0.15) is 0 Å². The molecule has 0 aliphatic rings. The van der Waals surface area contributed by atoms with Crippen molar-refractivity contribution >= 4 is 11.0 Å². The lowest BCUT2D eigenvalue weighted by Crippen LogP contribution is -2.07. The molecule has 4 heteroatoms. The molecule has 0 saturated carbocycles. The minimum atomic E-state index is -0.276. The maximum Gasteiger partial charge on any atom is 0.241 e. The summed E-state index contributed by atoms with van der Waals surface area (Å²) >= 11 is 0. The average molecular weight is 296 g/mol. The Hall–Kier alpha value is -2.49. The van der Waals surface area contributed by atoms with E-state index in [0.29, 0.717) is 24.1 Å². The number of halogens is 1. The fourth-order valence-electron chi connectivity index (χ4n) is 2.13. The topological polar surface area (TPSA) is 35.0 Å². The number of hydrogen-bond acceptors (Lipinski definition) is 3. The summed E-state index contributed by atoms with van der Waals surface area (Å²) in [6, 6.07) is 13.9. The lowest BCUT2D eigenvalue weighted by molar-refractivity contribution is 0.262. The van der Waals surface area contributed by atoms with Gasteiger partial charge < -0.3 is 4.74 Å². The van der Waals surface area contributed by atoms with E-state index >= 15 is 0 Å². The lowest BCUT2D eigenvalue weighted by Gasteiger charge is -2.12. The normalized spacial score (nSPS) is 11.1. The summed E-state index contributed by atoms with van der Waals surface area (Å²) in [5.41, 5.74) is 3.00. The van der Waals surface area contributed by atoms with Gasteiger partial charge in [0, 0.05) is 5.56 Å². The van der Waals surface area contributed by atoms with Gasteiger partial charge in [-0.3, -0.25) is 0 Å². The third kappa shape index (κ3) is 3.06. The molecule has 1 heterocycles. The summed E-state index contributed by atoms with van der Waals surface area (Å²) in [7, 11) is 0. The van der Waals surface area contributed by atoms with Crippen molar-refractivity contribution in [1.29, 1.82) is 0 Å². The van der Waals surface area contributed by atoms with Crippen molar-refractivity contribution in [2.24, 2.45) is 5.92 Å². The second kappa shape index (κ2) is 6.10. The predicted octanol–water partition coefficient (Wildman–Crippen LogP) is 4.47. The number of ether oxygens (including phenoxy) is 1. The van der Waals surface area contributed by atoms with Crippen LogP contribution in [0.2, 0.25) is 0 Å². The van der Waals surface area contributed by atoms with Gasteiger partial charge in [0.25, 0.3) is 0 Å². The molecule has 0 N–H and O–H groups in total. The summed E-state index contributed by atoms with van der Waals surface area (Å²) in [4.78, 5) is 9.21. The highest BCUT2D eigenvalue weighted by Gasteiger charge is 2.13. The average Bonchev–Trinajstić information content (AvgIpc) is 2.53. The van der Waals surface area contributed by atoms with E-state index in [1.54, 1.807) is 12.1 Å². The first kappa shape index (κ1) is 14.4. The van der Waals surface area contributed by atoms with Gasteiger partial charge in [0.05, 0.1) is 17.6 Å². The molecular weight excluding hydrogens is 279 g/mol. The number of nitrogens with zero attached hydrogens (tertiary/aromatic N) is 2. The van der Waals surface area contributed by atoms with Crippen LogP contribution in [0.1, 0.15) is 13.8 Å². The first-order chi connectivity index (χ1) is 10.6. The molecule has 3 nitrogen and oxygen atoms in total. The molecular formula is C18H17FN2O. The third-order valence-electron chi connectivity index (χ3n) is 3.21. The Morgan fingerprint density at radius 1 is 0.955 bits per heavy atom. The van der Waals surface area contributed by atoms with Crippen molar-refractivity contribution < 1.29 is 9.13 Å². The van der Waals surface area contributed by atoms with E-state index < -0.39 is 0 Å². The number of fused-ring (bicyclic) bond motifs is 1. The summed E-state index contributed by atoms with van der Waals surface area (Å²) < 4.78 is 19.0. The molecule has 3 rings (SSSR count). The highest BCUT2D eigenvalue weighted by molar-refractivity contribution is 5.79. The van der Waals surface area contributed by atoms with Crippen molar-refractivity contribution in [3.8, 4) is 17.1 Å². The van der Waals surface area contributed by atoms with E-state index in [0.717, 1.165) is 16.6 Å². The SMILES string of the molecule is CC(C)COc1nc2ccccc2nc1-c1ccc(F)cc1. The fraction of sp³-hybridized carbons (Fsp3) is 0.222. The number of benzene rings is 2. The largest absolute Gasteiger partial charge is 0.476 e. The molecule has 0 aliphatic heterocycles. The Bertz CT molecular complexity index is 785. The summed E-state index contributed by atoms with van der Waals surface area (Å²) in [5.74, 6) is 0.593. The molecule has 22 heavy (non-hydrogen) atoms. The van der Waals surface area contributed by atoms with Crippen LogP contribution in [0.5, 0.6) is 5.88 Å².